The molecule has 0 aliphatic carbocycles. The van der Waals surface area contributed by atoms with Crippen molar-refractivity contribution >= 4 is 10.9 Å². The lowest BCUT2D eigenvalue weighted by Gasteiger charge is -2.11. The molecule has 0 fully saturated rings. The molecule has 102 valence electrons. The van der Waals surface area contributed by atoms with E-state index >= 15 is 0 Å². The number of hydrogen-bond acceptors (Lipinski definition) is 3. The predicted octanol–water partition coefficient (Wildman–Crippen LogP) is 3.99. The van der Waals surface area contributed by atoms with Crippen LogP contribution >= 0.6 is 0 Å². The van der Waals surface area contributed by atoms with Crippen LogP contribution in [0.1, 0.15) is 30.0 Å². The van der Waals surface area contributed by atoms with Gasteiger partial charge in [-0.15, -0.1) is 0 Å². The summed E-state index contributed by atoms with van der Waals surface area (Å²) in [5.41, 5.74) is 3.35. The molecule has 3 aromatic rings. The Morgan fingerprint density at radius 3 is 2.90 bits per heavy atom. The van der Waals surface area contributed by atoms with E-state index in [9.17, 15) is 0 Å². The van der Waals surface area contributed by atoms with Gasteiger partial charge in [-0.1, -0.05) is 12.1 Å². The summed E-state index contributed by atoms with van der Waals surface area (Å²) in [5.74, 6) is 0.961. The van der Waals surface area contributed by atoms with Gasteiger partial charge in [-0.05, 0) is 49.7 Å². The molecule has 0 aliphatic heterocycles. The number of aryl methyl sites for hydroxylation is 1. The van der Waals surface area contributed by atoms with E-state index in [1.54, 1.807) is 6.26 Å². The molecular weight excluding hydrogens is 248 g/mol. The summed E-state index contributed by atoms with van der Waals surface area (Å²) in [6, 6.07) is 14.7. The molecule has 0 spiro atoms. The molecule has 0 saturated heterocycles. The zero-order valence-corrected chi connectivity index (χ0v) is 11.8. The van der Waals surface area contributed by atoms with Crippen LogP contribution < -0.4 is 5.32 Å². The summed E-state index contributed by atoms with van der Waals surface area (Å²) in [5, 5.41) is 4.64. The van der Waals surface area contributed by atoms with E-state index in [1.807, 2.05) is 25.1 Å². The molecule has 1 aromatic carbocycles. The van der Waals surface area contributed by atoms with Crippen molar-refractivity contribution in [2.75, 3.05) is 0 Å². The predicted molar refractivity (Wildman–Crippen MR) is 80.4 cm³/mol. The lowest BCUT2D eigenvalue weighted by Crippen LogP contribution is -2.17. The number of fused-ring (bicyclic) bond motifs is 1. The number of nitrogens with zero attached hydrogens (tertiary/aromatic N) is 1. The normalized spacial score (nSPS) is 12.7. The maximum atomic E-state index is 5.39. The summed E-state index contributed by atoms with van der Waals surface area (Å²) < 4.78 is 5.39. The van der Waals surface area contributed by atoms with E-state index in [0.29, 0.717) is 0 Å². The molecule has 0 unspecified atom stereocenters. The van der Waals surface area contributed by atoms with Gasteiger partial charge in [-0.25, -0.2) is 0 Å². The lowest BCUT2D eigenvalue weighted by atomic mass is 10.1. The maximum absolute atomic E-state index is 5.39. The van der Waals surface area contributed by atoms with Crippen molar-refractivity contribution in [3.8, 4) is 0 Å². The maximum Gasteiger partial charge on any atom is 0.120 e. The number of rotatable bonds is 4. The molecule has 0 amide bonds. The van der Waals surface area contributed by atoms with Crippen LogP contribution in [0.4, 0.5) is 0 Å². The molecule has 2 heterocycles. The minimum absolute atomic E-state index is 0.205. The first-order valence-electron chi connectivity index (χ1n) is 6.85. The third-order valence-corrected chi connectivity index (χ3v) is 3.48. The van der Waals surface area contributed by atoms with Crippen LogP contribution in [0.15, 0.2) is 53.1 Å². The summed E-state index contributed by atoms with van der Waals surface area (Å²) >= 11 is 0. The smallest absolute Gasteiger partial charge is 0.120 e. The molecule has 0 aliphatic rings. The lowest BCUT2D eigenvalue weighted by molar-refractivity contribution is 0.430. The largest absolute Gasteiger partial charge is 0.468 e. The number of aromatic nitrogens is 1. The average molecular weight is 266 g/mol. The van der Waals surface area contributed by atoms with E-state index in [1.165, 1.54) is 10.9 Å². The molecule has 0 saturated carbocycles. The van der Waals surface area contributed by atoms with E-state index < -0.39 is 0 Å². The molecular formula is C17H18N2O. The second-order valence-corrected chi connectivity index (χ2v) is 5.10. The molecule has 3 nitrogen and oxygen atoms in total. The fourth-order valence-corrected chi connectivity index (χ4v) is 2.30. The van der Waals surface area contributed by atoms with Gasteiger partial charge in [0, 0.05) is 17.6 Å². The van der Waals surface area contributed by atoms with E-state index in [0.717, 1.165) is 23.5 Å². The Hall–Kier alpha value is -2.13. The molecule has 3 heteroatoms. The van der Waals surface area contributed by atoms with Gasteiger partial charge >= 0.3 is 0 Å². The van der Waals surface area contributed by atoms with Gasteiger partial charge in [0.2, 0.25) is 0 Å². The standard InChI is InChI=1S/C17H18N2O/c1-12-5-7-15-10-14(6-8-16(15)19-12)11-18-13(2)17-4-3-9-20-17/h3-10,13,18H,11H2,1-2H3/t13-/m0/s1. The first-order valence-corrected chi connectivity index (χ1v) is 6.85. The Bertz CT molecular complexity index is 704. The minimum atomic E-state index is 0.205. The van der Waals surface area contributed by atoms with Gasteiger partial charge in [0.05, 0.1) is 17.8 Å². The summed E-state index contributed by atoms with van der Waals surface area (Å²) in [4.78, 5) is 4.52. The molecule has 0 bridgehead atoms. The van der Waals surface area contributed by atoms with Crippen LogP contribution in [0.2, 0.25) is 0 Å². The van der Waals surface area contributed by atoms with Crippen molar-refractivity contribution in [2.24, 2.45) is 0 Å². The van der Waals surface area contributed by atoms with E-state index in [4.69, 9.17) is 4.42 Å². The highest BCUT2D eigenvalue weighted by molar-refractivity contribution is 5.79. The number of hydrogen-bond donors (Lipinski definition) is 1. The van der Waals surface area contributed by atoms with E-state index in [-0.39, 0.29) is 6.04 Å². The van der Waals surface area contributed by atoms with Crippen LogP contribution in [0.3, 0.4) is 0 Å². The average Bonchev–Trinajstić information content (AvgIpc) is 2.99. The van der Waals surface area contributed by atoms with Crippen molar-refractivity contribution in [3.05, 3.63) is 65.7 Å². The first-order chi connectivity index (χ1) is 9.72. The third-order valence-electron chi connectivity index (χ3n) is 3.48. The van der Waals surface area contributed by atoms with E-state index in [2.05, 4.69) is 41.5 Å². The Kier molecular flexibility index (Phi) is 3.52. The Balaban J connectivity index is 1.73. The van der Waals surface area contributed by atoms with Gasteiger partial charge < -0.3 is 9.73 Å². The minimum Gasteiger partial charge on any atom is -0.468 e. The van der Waals surface area contributed by atoms with Crippen molar-refractivity contribution in [1.29, 1.82) is 0 Å². The quantitative estimate of drug-likeness (QED) is 0.776. The zero-order chi connectivity index (χ0) is 13.9. The number of benzene rings is 1. The van der Waals surface area contributed by atoms with Gasteiger partial charge in [0.25, 0.3) is 0 Å². The molecule has 1 atom stereocenters. The zero-order valence-electron chi connectivity index (χ0n) is 11.8. The fraction of sp³-hybridized carbons (Fsp3) is 0.235. The van der Waals surface area contributed by atoms with Gasteiger partial charge in [0.15, 0.2) is 0 Å². The number of nitrogens with one attached hydrogen (secondary N) is 1. The molecule has 2 aromatic heterocycles. The summed E-state index contributed by atoms with van der Waals surface area (Å²) in [7, 11) is 0. The Morgan fingerprint density at radius 2 is 2.10 bits per heavy atom. The highest BCUT2D eigenvalue weighted by Crippen LogP contribution is 2.17. The first kappa shape index (κ1) is 12.9. The van der Waals surface area contributed by atoms with Gasteiger partial charge in [0.1, 0.15) is 5.76 Å². The molecule has 1 N–H and O–H groups in total. The topological polar surface area (TPSA) is 38.1 Å². The fourth-order valence-electron chi connectivity index (χ4n) is 2.30. The van der Waals surface area contributed by atoms with Crippen LogP contribution in [-0.4, -0.2) is 4.98 Å². The summed E-state index contributed by atoms with van der Waals surface area (Å²) in [6.07, 6.45) is 1.71. The SMILES string of the molecule is Cc1ccc2cc(CN[C@@H](C)c3ccco3)ccc2n1. The molecule has 3 rings (SSSR count). The Labute approximate surface area is 118 Å². The second kappa shape index (κ2) is 5.47. The van der Waals surface area contributed by atoms with Crippen molar-refractivity contribution < 1.29 is 4.42 Å². The number of pyridine rings is 1. The van der Waals surface area contributed by atoms with Crippen LogP contribution in [0.25, 0.3) is 10.9 Å². The second-order valence-electron chi connectivity index (χ2n) is 5.10. The van der Waals surface area contributed by atoms with Gasteiger partial charge in [-0.3, -0.25) is 4.98 Å². The monoisotopic (exact) mass is 266 g/mol. The highest BCUT2D eigenvalue weighted by atomic mass is 16.3. The van der Waals surface area contributed by atoms with Crippen LogP contribution in [0.5, 0.6) is 0 Å². The Morgan fingerprint density at radius 1 is 1.20 bits per heavy atom. The van der Waals surface area contributed by atoms with Crippen molar-refractivity contribution in [3.63, 3.8) is 0 Å². The summed E-state index contributed by atoms with van der Waals surface area (Å²) in [6.45, 7) is 4.93. The molecule has 20 heavy (non-hydrogen) atoms. The van der Waals surface area contributed by atoms with Crippen molar-refractivity contribution in [1.82, 2.24) is 10.3 Å². The van der Waals surface area contributed by atoms with Crippen LogP contribution in [-0.2, 0) is 6.54 Å². The number of furan rings is 1. The van der Waals surface area contributed by atoms with Crippen LogP contribution in [0, 0.1) is 6.92 Å². The van der Waals surface area contributed by atoms with Crippen molar-refractivity contribution in [2.45, 2.75) is 26.4 Å². The highest BCUT2D eigenvalue weighted by Gasteiger charge is 2.07. The third kappa shape index (κ3) is 2.73. The molecule has 0 radical (unpaired) electrons. The van der Waals surface area contributed by atoms with Gasteiger partial charge in [-0.2, -0.15) is 0 Å².